The van der Waals surface area contributed by atoms with Crippen molar-refractivity contribution in [2.24, 2.45) is 0 Å². The number of likely N-dealkylation sites (N-methyl/N-ethyl adjacent to an activating group) is 1. The van der Waals surface area contributed by atoms with Crippen LogP contribution in [0.5, 0.6) is 5.75 Å². The van der Waals surface area contributed by atoms with Crippen molar-refractivity contribution < 1.29 is 14.2 Å². The first-order chi connectivity index (χ1) is 10.8. The smallest absolute Gasteiger partial charge is 0.124 e. The van der Waals surface area contributed by atoms with Crippen LogP contribution in [0.25, 0.3) is 0 Å². The third kappa shape index (κ3) is 4.45. The molecule has 0 N–H and O–H groups in total. The molecule has 2 fully saturated rings. The third-order valence-corrected chi connectivity index (χ3v) is 4.41. The first kappa shape index (κ1) is 15.8. The maximum Gasteiger partial charge on any atom is 0.124 e. The van der Waals surface area contributed by atoms with E-state index >= 15 is 0 Å². The molecule has 1 saturated carbocycles. The Bertz CT molecular complexity index is 453. The van der Waals surface area contributed by atoms with Gasteiger partial charge in [0, 0.05) is 18.7 Å². The second-order valence-electron chi connectivity index (χ2n) is 6.40. The van der Waals surface area contributed by atoms with E-state index in [1.54, 1.807) is 0 Å². The van der Waals surface area contributed by atoms with Crippen LogP contribution in [0, 0.1) is 0 Å². The molecule has 1 atom stereocenters. The minimum absolute atomic E-state index is 0.182. The Hall–Kier alpha value is -1.10. The maximum atomic E-state index is 6.21. The average Bonchev–Trinajstić information content (AvgIpc) is 3.03. The van der Waals surface area contributed by atoms with Gasteiger partial charge in [-0.3, -0.25) is 4.90 Å². The van der Waals surface area contributed by atoms with Crippen molar-refractivity contribution in [2.45, 2.75) is 44.4 Å². The van der Waals surface area contributed by atoms with Crippen molar-refractivity contribution in [2.75, 3.05) is 33.4 Å². The predicted octanol–water partition coefficient (Wildman–Crippen LogP) is 2.86. The van der Waals surface area contributed by atoms with E-state index in [-0.39, 0.29) is 6.10 Å². The number of hydrogen-bond acceptors (Lipinski definition) is 4. The van der Waals surface area contributed by atoms with Gasteiger partial charge in [-0.15, -0.1) is 0 Å². The topological polar surface area (TPSA) is 30.9 Å². The molecule has 1 aromatic rings. The molecule has 1 aliphatic carbocycles. The highest BCUT2D eigenvalue weighted by Gasteiger charge is 2.20. The summed E-state index contributed by atoms with van der Waals surface area (Å²) in [4.78, 5) is 2.29. The second-order valence-corrected chi connectivity index (χ2v) is 6.40. The minimum Gasteiger partial charge on any atom is -0.490 e. The summed E-state index contributed by atoms with van der Waals surface area (Å²) >= 11 is 0. The lowest BCUT2D eigenvalue weighted by Gasteiger charge is -2.28. The lowest BCUT2D eigenvalue weighted by molar-refractivity contribution is -0.0963. The second kappa shape index (κ2) is 7.95. The number of rotatable bonds is 6. The van der Waals surface area contributed by atoms with E-state index in [2.05, 4.69) is 36.2 Å². The van der Waals surface area contributed by atoms with E-state index in [0.717, 1.165) is 25.4 Å². The van der Waals surface area contributed by atoms with Crippen LogP contribution in [0.1, 0.15) is 31.2 Å². The lowest BCUT2D eigenvalue weighted by Crippen LogP contribution is -2.38. The summed E-state index contributed by atoms with van der Waals surface area (Å²) in [6.45, 7) is 3.89. The van der Waals surface area contributed by atoms with Gasteiger partial charge in [-0.05, 0) is 38.8 Å². The van der Waals surface area contributed by atoms with E-state index in [1.165, 1.54) is 31.2 Å². The Balaban J connectivity index is 1.56. The molecule has 22 heavy (non-hydrogen) atoms. The SMILES string of the molecule is CN(Cc1ccccc1OC1CCCC1)CC1COCCO1. The Morgan fingerprint density at radius 3 is 2.77 bits per heavy atom. The molecule has 4 nitrogen and oxygen atoms in total. The number of ether oxygens (including phenoxy) is 3. The normalized spacial score (nSPS) is 23.1. The van der Waals surface area contributed by atoms with Crippen molar-refractivity contribution in [3.63, 3.8) is 0 Å². The summed E-state index contributed by atoms with van der Waals surface area (Å²) in [6, 6.07) is 8.41. The van der Waals surface area contributed by atoms with Gasteiger partial charge in [0.05, 0.1) is 32.0 Å². The zero-order valence-electron chi connectivity index (χ0n) is 13.5. The number of hydrogen-bond donors (Lipinski definition) is 0. The van der Waals surface area contributed by atoms with Crippen molar-refractivity contribution in [1.82, 2.24) is 4.90 Å². The molecule has 1 aliphatic heterocycles. The molecule has 0 aromatic heterocycles. The number of benzene rings is 1. The van der Waals surface area contributed by atoms with Gasteiger partial charge in [0.25, 0.3) is 0 Å². The van der Waals surface area contributed by atoms with Crippen molar-refractivity contribution in [3.8, 4) is 5.75 Å². The van der Waals surface area contributed by atoms with E-state index in [1.807, 2.05) is 0 Å². The van der Waals surface area contributed by atoms with Crippen LogP contribution in [0.4, 0.5) is 0 Å². The molecule has 122 valence electrons. The fourth-order valence-corrected chi connectivity index (χ4v) is 3.28. The first-order valence-electron chi connectivity index (χ1n) is 8.44. The van der Waals surface area contributed by atoms with Gasteiger partial charge in [0.15, 0.2) is 0 Å². The molecule has 1 heterocycles. The summed E-state index contributed by atoms with van der Waals surface area (Å²) in [7, 11) is 2.13. The minimum atomic E-state index is 0.182. The molecular formula is C18H27NO3. The fraction of sp³-hybridized carbons (Fsp3) is 0.667. The van der Waals surface area contributed by atoms with Gasteiger partial charge in [-0.1, -0.05) is 18.2 Å². The van der Waals surface area contributed by atoms with Gasteiger partial charge in [0.2, 0.25) is 0 Å². The molecule has 1 aromatic carbocycles. The predicted molar refractivity (Wildman–Crippen MR) is 86.2 cm³/mol. The molecule has 3 rings (SSSR count). The summed E-state index contributed by atoms with van der Waals surface area (Å²) < 4.78 is 17.4. The zero-order chi connectivity index (χ0) is 15.2. The third-order valence-electron chi connectivity index (χ3n) is 4.41. The molecule has 0 spiro atoms. The molecule has 0 bridgehead atoms. The van der Waals surface area contributed by atoms with Crippen molar-refractivity contribution >= 4 is 0 Å². The Labute approximate surface area is 133 Å². The van der Waals surface area contributed by atoms with Gasteiger partial charge in [-0.2, -0.15) is 0 Å². The molecule has 4 heteroatoms. The number of para-hydroxylation sites is 1. The molecule has 1 unspecified atom stereocenters. The van der Waals surface area contributed by atoms with E-state index < -0.39 is 0 Å². The van der Waals surface area contributed by atoms with Crippen LogP contribution in [-0.2, 0) is 16.0 Å². The van der Waals surface area contributed by atoms with Crippen LogP contribution < -0.4 is 4.74 Å². The standard InChI is InChI=1S/C18H27NO3/c1-19(13-17-14-20-10-11-21-17)12-15-6-2-5-9-18(15)22-16-7-3-4-8-16/h2,5-6,9,16-17H,3-4,7-8,10-14H2,1H3. The Morgan fingerprint density at radius 1 is 1.18 bits per heavy atom. The van der Waals surface area contributed by atoms with Gasteiger partial charge < -0.3 is 14.2 Å². The lowest BCUT2D eigenvalue weighted by atomic mass is 10.1. The highest BCUT2D eigenvalue weighted by molar-refractivity contribution is 5.33. The zero-order valence-corrected chi connectivity index (χ0v) is 13.5. The van der Waals surface area contributed by atoms with E-state index in [4.69, 9.17) is 14.2 Å². The van der Waals surface area contributed by atoms with Crippen molar-refractivity contribution in [3.05, 3.63) is 29.8 Å². The summed E-state index contributed by atoms with van der Waals surface area (Å²) in [6.07, 6.45) is 5.56. The van der Waals surface area contributed by atoms with Crippen molar-refractivity contribution in [1.29, 1.82) is 0 Å². The summed E-state index contributed by atoms with van der Waals surface area (Å²) in [5.74, 6) is 1.04. The molecule has 2 aliphatic rings. The Morgan fingerprint density at radius 2 is 2.00 bits per heavy atom. The molecule has 0 amide bonds. The molecule has 0 radical (unpaired) electrons. The highest BCUT2D eigenvalue weighted by atomic mass is 16.6. The quantitative estimate of drug-likeness (QED) is 0.808. The maximum absolute atomic E-state index is 6.21. The van der Waals surface area contributed by atoms with Crippen LogP contribution in [0.15, 0.2) is 24.3 Å². The largest absolute Gasteiger partial charge is 0.490 e. The Kier molecular flexibility index (Phi) is 5.70. The average molecular weight is 305 g/mol. The van der Waals surface area contributed by atoms with Gasteiger partial charge >= 0.3 is 0 Å². The van der Waals surface area contributed by atoms with E-state index in [9.17, 15) is 0 Å². The van der Waals surface area contributed by atoms with E-state index in [0.29, 0.717) is 19.3 Å². The monoisotopic (exact) mass is 305 g/mol. The van der Waals surface area contributed by atoms with Crippen LogP contribution in [-0.4, -0.2) is 50.5 Å². The van der Waals surface area contributed by atoms with Crippen LogP contribution in [0.3, 0.4) is 0 Å². The molecule has 1 saturated heterocycles. The summed E-state index contributed by atoms with van der Waals surface area (Å²) in [5.41, 5.74) is 1.26. The fourth-order valence-electron chi connectivity index (χ4n) is 3.28. The molecular weight excluding hydrogens is 278 g/mol. The van der Waals surface area contributed by atoms with Crippen LogP contribution in [0.2, 0.25) is 0 Å². The van der Waals surface area contributed by atoms with Gasteiger partial charge in [-0.25, -0.2) is 0 Å². The first-order valence-corrected chi connectivity index (χ1v) is 8.44. The number of nitrogens with zero attached hydrogens (tertiary/aromatic N) is 1. The van der Waals surface area contributed by atoms with Crippen LogP contribution >= 0.6 is 0 Å². The highest BCUT2D eigenvalue weighted by Crippen LogP contribution is 2.27. The summed E-state index contributed by atoms with van der Waals surface area (Å²) in [5, 5.41) is 0. The van der Waals surface area contributed by atoms with Gasteiger partial charge in [0.1, 0.15) is 5.75 Å².